The molecule has 0 spiro atoms. The Morgan fingerprint density at radius 3 is 1.56 bits per heavy atom. The monoisotopic (exact) mass is 731 g/mol. The Morgan fingerprint density at radius 2 is 0.930 bits per heavy atom. The molecule has 0 atom stereocenters. The summed E-state index contributed by atoms with van der Waals surface area (Å²) in [6, 6.07) is 61.2. The SMILES string of the molecule is C=Cc1c(C=C)n(-c2ccccc2)c2ccc(/C(C)=C/c3c(C)n(-c4ccccc4)c4ccc(-c5ccc6c(c5)c5ccccc5n6-c5ccccc5)cc34)cc12. The predicted octanol–water partition coefficient (Wildman–Crippen LogP) is 14.5. The molecule has 3 nitrogen and oxygen atoms in total. The number of aromatic nitrogens is 3. The molecule has 0 aliphatic heterocycles. The van der Waals surface area contributed by atoms with Crippen LogP contribution in [0.1, 0.15) is 35.0 Å². The molecular formula is C54H41N3. The molecule has 272 valence electrons. The van der Waals surface area contributed by atoms with Crippen molar-refractivity contribution in [2.24, 2.45) is 0 Å². The van der Waals surface area contributed by atoms with E-state index in [0.29, 0.717) is 0 Å². The molecule has 0 aliphatic rings. The van der Waals surface area contributed by atoms with E-state index in [-0.39, 0.29) is 0 Å². The van der Waals surface area contributed by atoms with Crippen LogP contribution in [-0.4, -0.2) is 13.7 Å². The molecule has 0 saturated carbocycles. The van der Waals surface area contributed by atoms with Gasteiger partial charge < -0.3 is 13.7 Å². The topological polar surface area (TPSA) is 14.8 Å². The van der Waals surface area contributed by atoms with E-state index in [4.69, 9.17) is 0 Å². The smallest absolute Gasteiger partial charge is 0.0541 e. The summed E-state index contributed by atoms with van der Waals surface area (Å²) in [5, 5.41) is 4.87. The van der Waals surface area contributed by atoms with E-state index in [1.54, 1.807) is 0 Å². The zero-order valence-corrected chi connectivity index (χ0v) is 32.2. The van der Waals surface area contributed by atoms with E-state index in [1.165, 1.54) is 66.2 Å². The summed E-state index contributed by atoms with van der Waals surface area (Å²) >= 11 is 0. The van der Waals surface area contributed by atoms with Crippen molar-refractivity contribution in [1.82, 2.24) is 13.7 Å². The maximum Gasteiger partial charge on any atom is 0.0541 e. The summed E-state index contributed by atoms with van der Waals surface area (Å²) in [7, 11) is 0. The summed E-state index contributed by atoms with van der Waals surface area (Å²) in [6.45, 7) is 12.9. The number of para-hydroxylation sites is 4. The molecule has 0 N–H and O–H groups in total. The second-order valence-electron chi connectivity index (χ2n) is 14.8. The van der Waals surface area contributed by atoms with Crippen molar-refractivity contribution in [3.05, 3.63) is 211 Å². The third-order valence-electron chi connectivity index (χ3n) is 11.6. The van der Waals surface area contributed by atoms with Crippen molar-refractivity contribution in [2.75, 3.05) is 0 Å². The number of benzene rings is 7. The number of fused-ring (bicyclic) bond motifs is 5. The molecular weight excluding hydrogens is 691 g/mol. The Morgan fingerprint density at radius 1 is 0.439 bits per heavy atom. The van der Waals surface area contributed by atoms with Crippen molar-refractivity contribution in [2.45, 2.75) is 13.8 Å². The van der Waals surface area contributed by atoms with Crippen LogP contribution >= 0.6 is 0 Å². The number of hydrogen-bond donors (Lipinski definition) is 0. The third kappa shape index (κ3) is 5.50. The number of hydrogen-bond acceptors (Lipinski definition) is 0. The minimum Gasteiger partial charge on any atom is -0.313 e. The van der Waals surface area contributed by atoms with Crippen LogP contribution in [0, 0.1) is 6.92 Å². The van der Waals surface area contributed by atoms with E-state index in [0.717, 1.165) is 39.2 Å². The lowest BCUT2D eigenvalue weighted by molar-refractivity contribution is 1.05. The Bertz CT molecular complexity index is 3210. The van der Waals surface area contributed by atoms with Crippen molar-refractivity contribution in [1.29, 1.82) is 0 Å². The van der Waals surface area contributed by atoms with E-state index in [2.05, 4.69) is 211 Å². The molecule has 0 saturated heterocycles. The first kappa shape index (κ1) is 34.2. The fraction of sp³-hybridized carbons (Fsp3) is 0.0370. The van der Waals surface area contributed by atoms with Gasteiger partial charge in [0.2, 0.25) is 0 Å². The van der Waals surface area contributed by atoms with Gasteiger partial charge in [0.15, 0.2) is 0 Å². The van der Waals surface area contributed by atoms with Crippen molar-refractivity contribution >= 4 is 67.4 Å². The normalized spacial score (nSPS) is 11.9. The molecule has 0 amide bonds. The fourth-order valence-electron chi connectivity index (χ4n) is 8.87. The van der Waals surface area contributed by atoms with E-state index < -0.39 is 0 Å². The van der Waals surface area contributed by atoms with Crippen LogP contribution in [0.2, 0.25) is 0 Å². The molecule has 57 heavy (non-hydrogen) atoms. The average molecular weight is 732 g/mol. The van der Waals surface area contributed by atoms with Crippen molar-refractivity contribution in [3.63, 3.8) is 0 Å². The van der Waals surface area contributed by atoms with Crippen LogP contribution in [-0.2, 0) is 0 Å². The highest BCUT2D eigenvalue weighted by Crippen LogP contribution is 2.39. The highest BCUT2D eigenvalue weighted by atomic mass is 15.0. The van der Waals surface area contributed by atoms with E-state index >= 15 is 0 Å². The molecule has 3 heteroatoms. The number of rotatable bonds is 8. The lowest BCUT2D eigenvalue weighted by Crippen LogP contribution is -1.96. The van der Waals surface area contributed by atoms with Crippen LogP contribution < -0.4 is 0 Å². The first-order chi connectivity index (χ1) is 28.0. The van der Waals surface area contributed by atoms with Crippen LogP contribution in [0.3, 0.4) is 0 Å². The fourth-order valence-corrected chi connectivity index (χ4v) is 8.87. The first-order valence-electron chi connectivity index (χ1n) is 19.5. The Balaban J connectivity index is 1.14. The molecule has 0 unspecified atom stereocenters. The second-order valence-corrected chi connectivity index (χ2v) is 14.8. The summed E-state index contributed by atoms with van der Waals surface area (Å²) in [6.07, 6.45) is 6.26. The van der Waals surface area contributed by atoms with Gasteiger partial charge in [0.05, 0.1) is 27.8 Å². The molecule has 10 rings (SSSR count). The standard InChI is InChI=1S/C54H41N3/c1-5-44-47-33-38(26-29-53(47)56(50(44)6-2)42-20-12-8-13-21-42)36(3)32-46-37(4)55(41-18-10-7-11-19-41)52-30-27-40(35-49(46)52)39-28-31-54-48(34-39)45-24-16-17-25-51(45)57(54)43-22-14-9-15-23-43/h5-35H,1-2H2,3-4H3/b36-32+. The Kier molecular flexibility index (Phi) is 8.23. The van der Waals surface area contributed by atoms with Gasteiger partial charge in [0.1, 0.15) is 0 Å². The third-order valence-corrected chi connectivity index (χ3v) is 11.6. The van der Waals surface area contributed by atoms with Crippen LogP contribution in [0.15, 0.2) is 183 Å². The number of nitrogens with zero attached hydrogens (tertiary/aromatic N) is 3. The van der Waals surface area contributed by atoms with Gasteiger partial charge >= 0.3 is 0 Å². The maximum absolute atomic E-state index is 4.22. The average Bonchev–Trinajstić information content (AvgIpc) is 3.87. The van der Waals surface area contributed by atoms with Crippen molar-refractivity contribution in [3.8, 4) is 28.2 Å². The van der Waals surface area contributed by atoms with Gasteiger partial charge in [-0.3, -0.25) is 0 Å². The van der Waals surface area contributed by atoms with E-state index in [1.807, 2.05) is 18.2 Å². The summed E-state index contributed by atoms with van der Waals surface area (Å²) in [5.41, 5.74) is 17.4. The molecule has 7 aromatic carbocycles. The predicted molar refractivity (Wildman–Crippen MR) is 245 cm³/mol. The lowest BCUT2D eigenvalue weighted by Gasteiger charge is -2.10. The Hall–Kier alpha value is -7.36. The van der Waals surface area contributed by atoms with Gasteiger partial charge in [-0.05, 0) is 127 Å². The molecule has 3 heterocycles. The molecule has 0 bridgehead atoms. The first-order valence-corrected chi connectivity index (χ1v) is 19.5. The van der Waals surface area contributed by atoms with Crippen molar-refractivity contribution < 1.29 is 0 Å². The van der Waals surface area contributed by atoms with E-state index in [9.17, 15) is 0 Å². The highest BCUT2D eigenvalue weighted by molar-refractivity contribution is 6.11. The molecule has 0 aliphatic carbocycles. The van der Waals surface area contributed by atoms with Gasteiger partial charge in [-0.2, -0.15) is 0 Å². The van der Waals surface area contributed by atoms with Crippen LogP contribution in [0.4, 0.5) is 0 Å². The van der Waals surface area contributed by atoms with Gasteiger partial charge in [-0.1, -0.05) is 110 Å². The summed E-state index contributed by atoms with van der Waals surface area (Å²) in [4.78, 5) is 0. The molecule has 0 fully saturated rings. The molecule has 0 radical (unpaired) electrons. The number of allylic oxidation sites excluding steroid dienone is 1. The highest BCUT2D eigenvalue weighted by Gasteiger charge is 2.19. The summed E-state index contributed by atoms with van der Waals surface area (Å²) in [5.74, 6) is 0. The zero-order valence-electron chi connectivity index (χ0n) is 32.2. The lowest BCUT2D eigenvalue weighted by atomic mass is 9.98. The van der Waals surface area contributed by atoms with Gasteiger partial charge in [0, 0.05) is 55.4 Å². The minimum absolute atomic E-state index is 1.04. The maximum atomic E-state index is 4.22. The molecule has 3 aromatic heterocycles. The Labute approximate surface area is 333 Å². The second kappa shape index (κ2) is 13.7. The minimum atomic E-state index is 1.04. The van der Waals surface area contributed by atoms with Crippen LogP contribution in [0.5, 0.6) is 0 Å². The van der Waals surface area contributed by atoms with Gasteiger partial charge in [0.25, 0.3) is 0 Å². The van der Waals surface area contributed by atoms with Gasteiger partial charge in [-0.15, -0.1) is 0 Å². The molecule has 10 aromatic rings. The summed E-state index contributed by atoms with van der Waals surface area (Å²) < 4.78 is 7.04. The quantitative estimate of drug-likeness (QED) is 0.148. The van der Waals surface area contributed by atoms with Crippen LogP contribution in [0.25, 0.3) is 95.6 Å². The van der Waals surface area contributed by atoms with Gasteiger partial charge in [-0.25, -0.2) is 0 Å². The largest absolute Gasteiger partial charge is 0.313 e. The zero-order chi connectivity index (χ0) is 38.6.